The summed E-state index contributed by atoms with van der Waals surface area (Å²) in [5.41, 5.74) is 0. The van der Waals surface area contributed by atoms with Crippen molar-refractivity contribution < 1.29 is 9.53 Å². The van der Waals surface area contributed by atoms with Crippen molar-refractivity contribution in [2.45, 2.75) is 25.8 Å². The molecule has 0 aromatic heterocycles. The van der Waals surface area contributed by atoms with Gasteiger partial charge in [-0.15, -0.1) is 0 Å². The molecule has 1 saturated heterocycles. The molecule has 0 spiro atoms. The van der Waals surface area contributed by atoms with E-state index in [0.717, 1.165) is 13.1 Å². The molecule has 0 aromatic carbocycles. The summed E-state index contributed by atoms with van der Waals surface area (Å²) < 4.78 is 4.98. The summed E-state index contributed by atoms with van der Waals surface area (Å²) in [5.74, 6) is 0.719. The summed E-state index contributed by atoms with van der Waals surface area (Å²) in [6.45, 7) is 6.15. The summed E-state index contributed by atoms with van der Waals surface area (Å²) in [5, 5.41) is 6.13. The van der Waals surface area contributed by atoms with Crippen LogP contribution in [0.3, 0.4) is 0 Å². The number of amides is 1. The quantitative estimate of drug-likeness (QED) is 0.678. The standard InChI is InChI=1S/C13H27N3O2/c1-11(10-18-3)15-13(17)8-14-7-12-5-4-6-16(2)9-12/h11-12,14H,4-10H2,1-3H3,(H,15,17). The molecule has 0 aromatic rings. The number of nitrogens with one attached hydrogen (secondary N) is 2. The number of carbonyl (C=O) groups excluding carboxylic acids is 1. The monoisotopic (exact) mass is 257 g/mol. The van der Waals surface area contributed by atoms with Gasteiger partial charge in [0.2, 0.25) is 5.91 Å². The van der Waals surface area contributed by atoms with Gasteiger partial charge in [0.15, 0.2) is 0 Å². The molecule has 1 heterocycles. The molecule has 2 unspecified atom stereocenters. The van der Waals surface area contributed by atoms with Crippen LogP contribution in [0.4, 0.5) is 0 Å². The Morgan fingerprint density at radius 2 is 2.33 bits per heavy atom. The van der Waals surface area contributed by atoms with Crippen LogP contribution in [0, 0.1) is 5.92 Å². The SMILES string of the molecule is COCC(C)NC(=O)CNCC1CCCN(C)C1. The molecular formula is C13H27N3O2. The van der Waals surface area contributed by atoms with Crippen LogP contribution in [0.15, 0.2) is 0 Å². The fraction of sp³-hybridized carbons (Fsp3) is 0.923. The zero-order chi connectivity index (χ0) is 13.4. The van der Waals surface area contributed by atoms with E-state index in [2.05, 4.69) is 22.6 Å². The van der Waals surface area contributed by atoms with Crippen LogP contribution in [0.25, 0.3) is 0 Å². The Morgan fingerprint density at radius 1 is 1.56 bits per heavy atom. The summed E-state index contributed by atoms with van der Waals surface area (Å²) >= 11 is 0. The first-order chi connectivity index (χ1) is 8.61. The van der Waals surface area contributed by atoms with Gasteiger partial charge < -0.3 is 20.3 Å². The Labute approximate surface area is 110 Å². The number of methoxy groups -OCH3 is 1. The first kappa shape index (κ1) is 15.4. The molecule has 1 aliphatic rings. The molecule has 0 radical (unpaired) electrons. The molecule has 1 amide bonds. The second-order valence-electron chi connectivity index (χ2n) is 5.33. The normalized spacial score (nSPS) is 22.7. The Morgan fingerprint density at radius 3 is 3.00 bits per heavy atom. The van der Waals surface area contributed by atoms with Gasteiger partial charge in [-0.05, 0) is 45.8 Å². The van der Waals surface area contributed by atoms with E-state index in [4.69, 9.17) is 4.74 Å². The van der Waals surface area contributed by atoms with Gasteiger partial charge in [0.1, 0.15) is 0 Å². The Hall–Kier alpha value is -0.650. The van der Waals surface area contributed by atoms with Crippen LogP contribution < -0.4 is 10.6 Å². The minimum Gasteiger partial charge on any atom is -0.383 e. The number of hydrogen-bond acceptors (Lipinski definition) is 4. The lowest BCUT2D eigenvalue weighted by atomic mass is 9.98. The average molecular weight is 257 g/mol. The molecule has 0 bridgehead atoms. The number of likely N-dealkylation sites (tertiary alicyclic amines) is 1. The summed E-state index contributed by atoms with van der Waals surface area (Å²) in [4.78, 5) is 14.0. The van der Waals surface area contributed by atoms with Crippen LogP contribution in [0.2, 0.25) is 0 Å². The third-order valence-electron chi connectivity index (χ3n) is 3.26. The highest BCUT2D eigenvalue weighted by molar-refractivity contribution is 5.78. The fourth-order valence-corrected chi connectivity index (χ4v) is 2.45. The van der Waals surface area contributed by atoms with E-state index in [-0.39, 0.29) is 11.9 Å². The maximum Gasteiger partial charge on any atom is 0.234 e. The number of nitrogens with zero attached hydrogens (tertiary/aromatic N) is 1. The largest absolute Gasteiger partial charge is 0.383 e. The minimum atomic E-state index is 0.0451. The third kappa shape index (κ3) is 6.33. The molecule has 5 heteroatoms. The van der Waals surface area contributed by atoms with Crippen molar-refractivity contribution in [3.8, 4) is 0 Å². The predicted molar refractivity (Wildman–Crippen MR) is 72.6 cm³/mol. The van der Waals surface area contributed by atoms with Gasteiger partial charge >= 0.3 is 0 Å². The van der Waals surface area contributed by atoms with Crippen molar-refractivity contribution in [2.75, 3.05) is 46.9 Å². The lowest BCUT2D eigenvalue weighted by Crippen LogP contribution is -2.43. The van der Waals surface area contributed by atoms with Gasteiger partial charge in [-0.25, -0.2) is 0 Å². The first-order valence-corrected chi connectivity index (χ1v) is 6.79. The first-order valence-electron chi connectivity index (χ1n) is 6.79. The molecule has 1 aliphatic heterocycles. The van der Waals surface area contributed by atoms with E-state index in [0.29, 0.717) is 19.1 Å². The lowest BCUT2D eigenvalue weighted by molar-refractivity contribution is -0.121. The third-order valence-corrected chi connectivity index (χ3v) is 3.26. The van der Waals surface area contributed by atoms with Crippen molar-refractivity contribution in [3.63, 3.8) is 0 Å². The van der Waals surface area contributed by atoms with E-state index in [1.165, 1.54) is 19.4 Å². The van der Waals surface area contributed by atoms with E-state index >= 15 is 0 Å². The Balaban J connectivity index is 2.07. The summed E-state index contributed by atoms with van der Waals surface area (Å²) in [6, 6.07) is 0.0742. The van der Waals surface area contributed by atoms with Gasteiger partial charge in [0, 0.05) is 19.7 Å². The molecule has 1 fully saturated rings. The van der Waals surface area contributed by atoms with E-state index in [1.807, 2.05) is 6.92 Å². The average Bonchev–Trinajstić information content (AvgIpc) is 2.29. The zero-order valence-electron chi connectivity index (χ0n) is 11.9. The molecule has 1 rings (SSSR count). The maximum atomic E-state index is 11.6. The molecule has 0 saturated carbocycles. The number of ether oxygens (including phenoxy) is 1. The van der Waals surface area contributed by atoms with Gasteiger partial charge in [0.25, 0.3) is 0 Å². The van der Waals surface area contributed by atoms with Gasteiger partial charge in [-0.1, -0.05) is 0 Å². The van der Waals surface area contributed by atoms with E-state index in [9.17, 15) is 4.79 Å². The number of rotatable bonds is 7. The van der Waals surface area contributed by atoms with Crippen molar-refractivity contribution in [1.29, 1.82) is 0 Å². The minimum absolute atomic E-state index is 0.0451. The van der Waals surface area contributed by atoms with Crippen molar-refractivity contribution in [3.05, 3.63) is 0 Å². The van der Waals surface area contributed by atoms with Gasteiger partial charge in [0.05, 0.1) is 13.2 Å². The van der Waals surface area contributed by atoms with Crippen LogP contribution in [0.1, 0.15) is 19.8 Å². The second kappa shape index (κ2) is 8.45. The second-order valence-corrected chi connectivity index (χ2v) is 5.33. The molecule has 2 atom stereocenters. The number of hydrogen-bond donors (Lipinski definition) is 2. The molecule has 18 heavy (non-hydrogen) atoms. The highest BCUT2D eigenvalue weighted by Gasteiger charge is 2.17. The van der Waals surface area contributed by atoms with Crippen LogP contribution in [0.5, 0.6) is 0 Å². The summed E-state index contributed by atoms with van der Waals surface area (Å²) in [7, 11) is 3.80. The topological polar surface area (TPSA) is 53.6 Å². The predicted octanol–water partition coefficient (Wildman–Crippen LogP) is 0.0689. The summed E-state index contributed by atoms with van der Waals surface area (Å²) in [6.07, 6.45) is 2.53. The molecule has 0 aliphatic carbocycles. The highest BCUT2D eigenvalue weighted by atomic mass is 16.5. The number of piperidine rings is 1. The van der Waals surface area contributed by atoms with Gasteiger partial charge in [-0.2, -0.15) is 0 Å². The van der Waals surface area contributed by atoms with Crippen molar-refractivity contribution >= 4 is 5.91 Å². The lowest BCUT2D eigenvalue weighted by Gasteiger charge is -2.29. The molecule has 5 nitrogen and oxygen atoms in total. The maximum absolute atomic E-state index is 11.6. The fourth-order valence-electron chi connectivity index (χ4n) is 2.45. The highest BCUT2D eigenvalue weighted by Crippen LogP contribution is 2.13. The molecular weight excluding hydrogens is 230 g/mol. The molecule has 106 valence electrons. The Bertz CT molecular complexity index is 248. The van der Waals surface area contributed by atoms with Crippen LogP contribution in [-0.2, 0) is 9.53 Å². The van der Waals surface area contributed by atoms with Crippen molar-refractivity contribution in [1.82, 2.24) is 15.5 Å². The number of carbonyl (C=O) groups is 1. The van der Waals surface area contributed by atoms with Crippen molar-refractivity contribution in [2.24, 2.45) is 5.92 Å². The zero-order valence-corrected chi connectivity index (χ0v) is 11.9. The molecule has 2 N–H and O–H groups in total. The van der Waals surface area contributed by atoms with E-state index < -0.39 is 0 Å². The van der Waals surface area contributed by atoms with Crippen LogP contribution >= 0.6 is 0 Å². The smallest absolute Gasteiger partial charge is 0.234 e. The Kier molecular flexibility index (Phi) is 7.23. The van der Waals surface area contributed by atoms with Crippen LogP contribution in [-0.4, -0.2) is 63.8 Å². The van der Waals surface area contributed by atoms with E-state index in [1.54, 1.807) is 7.11 Å². The van der Waals surface area contributed by atoms with Gasteiger partial charge in [-0.3, -0.25) is 4.79 Å².